The normalized spacial score (nSPS) is 10.9. The average Bonchev–Trinajstić information content (AvgIpc) is 2.49. The molecule has 0 aliphatic rings. The highest BCUT2D eigenvalue weighted by molar-refractivity contribution is 5.22. The van der Waals surface area contributed by atoms with Gasteiger partial charge in [-0.2, -0.15) is 0 Å². The fourth-order valence-corrected chi connectivity index (χ4v) is 1.62. The van der Waals surface area contributed by atoms with E-state index in [1.165, 1.54) is 0 Å². The van der Waals surface area contributed by atoms with Gasteiger partial charge in [-0.25, -0.2) is 0 Å². The van der Waals surface area contributed by atoms with E-state index in [4.69, 9.17) is 24.7 Å². The highest BCUT2D eigenvalue weighted by Crippen LogP contribution is 2.05. The molecule has 2 N–H and O–H groups in total. The van der Waals surface area contributed by atoms with Crippen LogP contribution in [0.4, 0.5) is 0 Å². The molecule has 0 saturated carbocycles. The SMILES string of the molecule is COCCOCCOCCOCc1cccc(CN)c1. The van der Waals surface area contributed by atoms with Gasteiger partial charge in [0.15, 0.2) is 0 Å². The Balaban J connectivity index is 1.94. The van der Waals surface area contributed by atoms with Gasteiger partial charge in [0.05, 0.1) is 46.2 Å². The lowest BCUT2D eigenvalue weighted by atomic mass is 10.1. The van der Waals surface area contributed by atoms with Gasteiger partial charge >= 0.3 is 0 Å². The predicted octanol–water partition coefficient (Wildman–Crippen LogP) is 1.34. The molecule has 0 unspecified atom stereocenters. The van der Waals surface area contributed by atoms with Crippen LogP contribution in [-0.2, 0) is 32.1 Å². The van der Waals surface area contributed by atoms with Gasteiger partial charge < -0.3 is 24.7 Å². The Hall–Kier alpha value is -0.980. The summed E-state index contributed by atoms with van der Waals surface area (Å²) in [7, 11) is 1.65. The molecule has 0 fully saturated rings. The fourth-order valence-electron chi connectivity index (χ4n) is 1.62. The second kappa shape index (κ2) is 11.8. The summed E-state index contributed by atoms with van der Waals surface area (Å²) in [6.45, 7) is 4.67. The first-order valence-electron chi connectivity index (χ1n) is 6.87. The summed E-state index contributed by atoms with van der Waals surface area (Å²) in [5.41, 5.74) is 7.85. The second-order valence-electron chi connectivity index (χ2n) is 4.29. The fraction of sp³-hybridized carbons (Fsp3) is 0.600. The quantitative estimate of drug-likeness (QED) is 0.587. The summed E-state index contributed by atoms with van der Waals surface area (Å²) in [4.78, 5) is 0. The van der Waals surface area contributed by atoms with Crippen molar-refractivity contribution in [3.8, 4) is 0 Å². The minimum Gasteiger partial charge on any atom is -0.382 e. The van der Waals surface area contributed by atoms with Crippen LogP contribution in [0.2, 0.25) is 0 Å². The lowest BCUT2D eigenvalue weighted by Gasteiger charge is -2.07. The molecule has 5 nitrogen and oxygen atoms in total. The van der Waals surface area contributed by atoms with Crippen molar-refractivity contribution in [2.24, 2.45) is 5.73 Å². The van der Waals surface area contributed by atoms with Crippen molar-refractivity contribution in [2.75, 3.05) is 46.8 Å². The van der Waals surface area contributed by atoms with E-state index >= 15 is 0 Å². The van der Waals surface area contributed by atoms with Crippen LogP contribution in [0.25, 0.3) is 0 Å². The molecule has 1 aromatic carbocycles. The van der Waals surface area contributed by atoms with Crippen LogP contribution in [0.5, 0.6) is 0 Å². The summed E-state index contributed by atoms with van der Waals surface area (Å²) in [6.07, 6.45) is 0. The Kier molecular flexibility index (Phi) is 10.1. The van der Waals surface area contributed by atoms with Gasteiger partial charge in [0.1, 0.15) is 0 Å². The number of benzene rings is 1. The Morgan fingerprint density at radius 3 is 2.10 bits per heavy atom. The lowest BCUT2D eigenvalue weighted by Crippen LogP contribution is -2.11. The van der Waals surface area contributed by atoms with E-state index in [1.807, 2.05) is 18.2 Å². The Morgan fingerprint density at radius 2 is 1.45 bits per heavy atom. The van der Waals surface area contributed by atoms with E-state index in [-0.39, 0.29) is 0 Å². The molecule has 0 radical (unpaired) electrons. The Bertz CT molecular complexity index is 346. The molecular weight excluding hydrogens is 258 g/mol. The van der Waals surface area contributed by atoms with E-state index in [0.717, 1.165) is 11.1 Å². The molecule has 114 valence electrons. The molecule has 0 amide bonds. The first-order valence-corrected chi connectivity index (χ1v) is 6.87. The highest BCUT2D eigenvalue weighted by Gasteiger charge is 1.96. The van der Waals surface area contributed by atoms with Crippen molar-refractivity contribution in [2.45, 2.75) is 13.2 Å². The van der Waals surface area contributed by atoms with Crippen LogP contribution >= 0.6 is 0 Å². The maximum absolute atomic E-state index is 5.59. The van der Waals surface area contributed by atoms with Crippen molar-refractivity contribution in [3.63, 3.8) is 0 Å². The summed E-state index contributed by atoms with van der Waals surface area (Å²) in [5, 5.41) is 0. The Labute approximate surface area is 121 Å². The van der Waals surface area contributed by atoms with Gasteiger partial charge in [0.25, 0.3) is 0 Å². The minimum absolute atomic E-state index is 0.556. The van der Waals surface area contributed by atoms with E-state index in [1.54, 1.807) is 7.11 Å². The van der Waals surface area contributed by atoms with Gasteiger partial charge in [0.2, 0.25) is 0 Å². The number of nitrogens with two attached hydrogens (primary N) is 1. The van der Waals surface area contributed by atoms with Gasteiger partial charge in [-0.3, -0.25) is 0 Å². The van der Waals surface area contributed by atoms with Gasteiger partial charge in [-0.1, -0.05) is 24.3 Å². The van der Waals surface area contributed by atoms with Gasteiger partial charge in [-0.15, -0.1) is 0 Å². The molecule has 0 atom stereocenters. The molecule has 20 heavy (non-hydrogen) atoms. The van der Waals surface area contributed by atoms with Crippen LogP contribution in [-0.4, -0.2) is 46.8 Å². The number of rotatable bonds is 12. The van der Waals surface area contributed by atoms with Crippen molar-refractivity contribution >= 4 is 0 Å². The standard InChI is InChI=1S/C15H25NO4/c1-17-5-6-18-7-8-19-9-10-20-13-15-4-2-3-14(11-15)12-16/h2-4,11H,5-10,12-13,16H2,1H3. The highest BCUT2D eigenvalue weighted by atomic mass is 16.6. The molecule has 0 saturated heterocycles. The summed E-state index contributed by atoms with van der Waals surface area (Å²) in [5.74, 6) is 0. The van der Waals surface area contributed by atoms with Crippen molar-refractivity contribution < 1.29 is 18.9 Å². The smallest absolute Gasteiger partial charge is 0.0718 e. The van der Waals surface area contributed by atoms with E-state index in [0.29, 0.717) is 52.8 Å². The molecule has 0 heterocycles. The molecule has 5 heteroatoms. The molecule has 0 aromatic heterocycles. The summed E-state index contributed by atoms with van der Waals surface area (Å²) < 4.78 is 21.1. The van der Waals surface area contributed by atoms with Crippen molar-refractivity contribution in [1.82, 2.24) is 0 Å². The molecular formula is C15H25NO4. The maximum atomic E-state index is 5.59. The zero-order chi connectivity index (χ0) is 14.5. The zero-order valence-corrected chi connectivity index (χ0v) is 12.2. The number of methoxy groups -OCH3 is 1. The van der Waals surface area contributed by atoms with Gasteiger partial charge in [-0.05, 0) is 11.1 Å². The number of hydrogen-bond acceptors (Lipinski definition) is 5. The largest absolute Gasteiger partial charge is 0.382 e. The van der Waals surface area contributed by atoms with Gasteiger partial charge in [0, 0.05) is 13.7 Å². The average molecular weight is 283 g/mol. The van der Waals surface area contributed by atoms with Crippen molar-refractivity contribution in [3.05, 3.63) is 35.4 Å². The van der Waals surface area contributed by atoms with Crippen LogP contribution in [0.3, 0.4) is 0 Å². The van der Waals surface area contributed by atoms with Crippen LogP contribution in [0.15, 0.2) is 24.3 Å². The van der Waals surface area contributed by atoms with E-state index in [9.17, 15) is 0 Å². The Morgan fingerprint density at radius 1 is 0.850 bits per heavy atom. The summed E-state index contributed by atoms with van der Waals surface area (Å²) >= 11 is 0. The van der Waals surface area contributed by atoms with E-state index < -0.39 is 0 Å². The lowest BCUT2D eigenvalue weighted by molar-refractivity contribution is 0.000863. The topological polar surface area (TPSA) is 62.9 Å². The molecule has 0 aliphatic heterocycles. The first-order chi connectivity index (χ1) is 9.86. The van der Waals surface area contributed by atoms with Crippen molar-refractivity contribution in [1.29, 1.82) is 0 Å². The molecule has 0 aliphatic carbocycles. The second-order valence-corrected chi connectivity index (χ2v) is 4.29. The molecule has 0 spiro atoms. The summed E-state index contributed by atoms with van der Waals surface area (Å²) in [6, 6.07) is 8.10. The first kappa shape index (κ1) is 17.1. The van der Waals surface area contributed by atoms with E-state index in [2.05, 4.69) is 6.07 Å². The monoisotopic (exact) mass is 283 g/mol. The minimum atomic E-state index is 0.556. The predicted molar refractivity (Wildman–Crippen MR) is 77.5 cm³/mol. The van der Waals surface area contributed by atoms with Crippen LogP contribution in [0, 0.1) is 0 Å². The maximum Gasteiger partial charge on any atom is 0.0718 e. The molecule has 1 aromatic rings. The molecule has 1 rings (SSSR count). The number of hydrogen-bond donors (Lipinski definition) is 1. The third kappa shape index (κ3) is 8.24. The molecule has 0 bridgehead atoms. The zero-order valence-electron chi connectivity index (χ0n) is 12.2. The third-order valence-corrected chi connectivity index (χ3v) is 2.67. The third-order valence-electron chi connectivity index (χ3n) is 2.67. The number of ether oxygens (including phenoxy) is 4. The van der Waals surface area contributed by atoms with Crippen LogP contribution < -0.4 is 5.73 Å². The van der Waals surface area contributed by atoms with Crippen LogP contribution in [0.1, 0.15) is 11.1 Å².